The summed E-state index contributed by atoms with van der Waals surface area (Å²) >= 11 is 0. The van der Waals surface area contributed by atoms with Gasteiger partial charge in [0.25, 0.3) is 0 Å². The van der Waals surface area contributed by atoms with E-state index in [2.05, 4.69) is 15.5 Å². The second-order valence-corrected chi connectivity index (χ2v) is 6.21. The molecule has 0 aliphatic heterocycles. The minimum Gasteiger partial charge on any atom is -0.391 e. The van der Waals surface area contributed by atoms with Gasteiger partial charge in [-0.1, -0.05) is 35.5 Å². The number of carbonyl (C=O) groups excluding carboxylic acids is 1. The molecule has 0 bridgehead atoms. The maximum absolute atomic E-state index is 12.0. The number of rotatable bonds is 6. The van der Waals surface area contributed by atoms with Crippen molar-refractivity contribution >= 4 is 5.91 Å². The number of benzene rings is 1. The van der Waals surface area contributed by atoms with Gasteiger partial charge in [-0.25, -0.2) is 0 Å². The lowest BCUT2D eigenvalue weighted by Gasteiger charge is -2.09. The summed E-state index contributed by atoms with van der Waals surface area (Å²) in [5, 5.41) is 16.4. The normalized spacial score (nSPS) is 23.3. The molecule has 128 valence electrons. The minimum atomic E-state index is -0.586. The molecule has 0 radical (unpaired) electrons. The van der Waals surface area contributed by atoms with Gasteiger partial charge in [0.2, 0.25) is 11.8 Å². The van der Waals surface area contributed by atoms with Gasteiger partial charge < -0.3 is 20.7 Å². The number of amides is 1. The summed E-state index contributed by atoms with van der Waals surface area (Å²) in [6.45, 7) is 0.424. The summed E-state index contributed by atoms with van der Waals surface area (Å²) in [6, 6.07) is 9.62. The standard InChI is InChI=1S/C17H22N4O3/c18-13-9-12(10-14(13)22)17(23)19-7-6-16-20-15(21-24-16)8-11-4-2-1-3-5-11/h1-5,12-14,22H,6-10,18H2,(H,19,23)/t12-,13-,14-/m0/s1. The molecule has 1 heterocycles. The van der Waals surface area contributed by atoms with Crippen molar-refractivity contribution in [2.45, 2.75) is 37.8 Å². The van der Waals surface area contributed by atoms with Gasteiger partial charge in [0, 0.05) is 31.3 Å². The number of nitrogens with two attached hydrogens (primary N) is 1. The van der Waals surface area contributed by atoms with Crippen LogP contribution in [0.15, 0.2) is 34.9 Å². The number of aliphatic hydroxyl groups excluding tert-OH is 1. The number of aliphatic hydroxyl groups is 1. The summed E-state index contributed by atoms with van der Waals surface area (Å²) < 4.78 is 5.21. The highest BCUT2D eigenvalue weighted by Crippen LogP contribution is 2.24. The van der Waals surface area contributed by atoms with Crippen LogP contribution in [0.3, 0.4) is 0 Å². The third kappa shape index (κ3) is 4.18. The molecule has 0 spiro atoms. The molecular formula is C17H22N4O3. The van der Waals surface area contributed by atoms with E-state index in [0.717, 1.165) is 5.56 Å². The maximum Gasteiger partial charge on any atom is 0.228 e. The van der Waals surface area contributed by atoms with E-state index in [9.17, 15) is 9.90 Å². The van der Waals surface area contributed by atoms with Crippen molar-refractivity contribution < 1.29 is 14.4 Å². The van der Waals surface area contributed by atoms with Gasteiger partial charge in [0.05, 0.1) is 6.10 Å². The van der Waals surface area contributed by atoms with Crippen LogP contribution in [-0.2, 0) is 17.6 Å². The smallest absolute Gasteiger partial charge is 0.228 e. The first-order valence-corrected chi connectivity index (χ1v) is 8.18. The molecule has 0 saturated heterocycles. The molecule has 24 heavy (non-hydrogen) atoms. The van der Waals surface area contributed by atoms with Gasteiger partial charge in [-0.3, -0.25) is 4.79 Å². The predicted octanol–water partition coefficient (Wildman–Crippen LogP) is 0.417. The number of carbonyl (C=O) groups is 1. The molecule has 7 heteroatoms. The van der Waals surface area contributed by atoms with E-state index in [1.54, 1.807) is 0 Å². The molecule has 4 N–H and O–H groups in total. The van der Waals surface area contributed by atoms with E-state index in [0.29, 0.717) is 43.9 Å². The van der Waals surface area contributed by atoms with Crippen LogP contribution >= 0.6 is 0 Å². The molecule has 1 fully saturated rings. The quantitative estimate of drug-likeness (QED) is 0.707. The third-order valence-electron chi connectivity index (χ3n) is 4.30. The predicted molar refractivity (Wildman–Crippen MR) is 87.0 cm³/mol. The van der Waals surface area contributed by atoms with Crippen molar-refractivity contribution in [1.82, 2.24) is 15.5 Å². The van der Waals surface area contributed by atoms with Crippen LogP contribution in [-0.4, -0.2) is 39.8 Å². The van der Waals surface area contributed by atoms with Crippen LogP contribution in [0.2, 0.25) is 0 Å². The fourth-order valence-corrected chi connectivity index (χ4v) is 2.94. The average Bonchev–Trinajstić information content (AvgIpc) is 3.15. The molecule has 7 nitrogen and oxygen atoms in total. The lowest BCUT2D eigenvalue weighted by Crippen LogP contribution is -2.32. The van der Waals surface area contributed by atoms with Crippen LogP contribution in [0, 0.1) is 5.92 Å². The molecule has 3 rings (SSSR count). The Bertz CT molecular complexity index is 663. The topological polar surface area (TPSA) is 114 Å². The van der Waals surface area contributed by atoms with Gasteiger partial charge in [-0.05, 0) is 18.4 Å². The maximum atomic E-state index is 12.0. The first kappa shape index (κ1) is 16.6. The number of nitrogens with one attached hydrogen (secondary N) is 1. The monoisotopic (exact) mass is 330 g/mol. The lowest BCUT2D eigenvalue weighted by molar-refractivity contribution is -0.125. The SMILES string of the molecule is N[C@H]1C[C@H](C(=O)NCCc2nc(Cc3ccccc3)no2)C[C@@H]1O. The van der Waals surface area contributed by atoms with Crippen LogP contribution in [0.5, 0.6) is 0 Å². The van der Waals surface area contributed by atoms with Crippen molar-refractivity contribution in [2.24, 2.45) is 11.7 Å². The molecule has 1 aliphatic rings. The minimum absolute atomic E-state index is 0.0778. The molecule has 3 atom stereocenters. The number of nitrogens with zero attached hydrogens (tertiary/aromatic N) is 2. The average molecular weight is 330 g/mol. The molecule has 1 aromatic heterocycles. The third-order valence-corrected chi connectivity index (χ3v) is 4.30. The first-order valence-electron chi connectivity index (χ1n) is 8.18. The Labute approximate surface area is 140 Å². The molecule has 1 aromatic carbocycles. The molecule has 2 aromatic rings. The van der Waals surface area contributed by atoms with Crippen LogP contribution in [0.4, 0.5) is 0 Å². The Morgan fingerprint density at radius 3 is 2.83 bits per heavy atom. The van der Waals surface area contributed by atoms with E-state index in [4.69, 9.17) is 10.3 Å². The second-order valence-electron chi connectivity index (χ2n) is 6.21. The molecule has 1 amide bonds. The fourth-order valence-electron chi connectivity index (χ4n) is 2.94. The van der Waals surface area contributed by atoms with E-state index in [1.165, 1.54) is 0 Å². The van der Waals surface area contributed by atoms with Gasteiger partial charge in [-0.2, -0.15) is 4.98 Å². The second kappa shape index (κ2) is 7.55. The number of hydrogen-bond acceptors (Lipinski definition) is 6. The van der Waals surface area contributed by atoms with Crippen LogP contribution < -0.4 is 11.1 Å². The summed E-state index contributed by atoms with van der Waals surface area (Å²) in [7, 11) is 0. The highest BCUT2D eigenvalue weighted by molar-refractivity contribution is 5.79. The summed E-state index contributed by atoms with van der Waals surface area (Å²) in [5.41, 5.74) is 6.85. The van der Waals surface area contributed by atoms with Crippen LogP contribution in [0.1, 0.15) is 30.1 Å². The summed E-state index contributed by atoms with van der Waals surface area (Å²) in [4.78, 5) is 16.4. The Morgan fingerprint density at radius 1 is 1.33 bits per heavy atom. The highest BCUT2D eigenvalue weighted by Gasteiger charge is 2.34. The van der Waals surface area contributed by atoms with Crippen LogP contribution in [0.25, 0.3) is 0 Å². The highest BCUT2D eigenvalue weighted by atomic mass is 16.5. The van der Waals surface area contributed by atoms with Gasteiger partial charge >= 0.3 is 0 Å². The largest absolute Gasteiger partial charge is 0.391 e. The molecular weight excluding hydrogens is 308 g/mol. The zero-order chi connectivity index (χ0) is 16.9. The Kier molecular flexibility index (Phi) is 5.22. The Balaban J connectivity index is 1.43. The van der Waals surface area contributed by atoms with Crippen molar-refractivity contribution in [3.8, 4) is 0 Å². The molecule has 0 unspecified atom stereocenters. The van der Waals surface area contributed by atoms with Crippen molar-refractivity contribution in [2.75, 3.05) is 6.54 Å². The van der Waals surface area contributed by atoms with Gasteiger partial charge in [0.15, 0.2) is 5.82 Å². The van der Waals surface area contributed by atoms with Crippen molar-refractivity contribution in [1.29, 1.82) is 0 Å². The van der Waals surface area contributed by atoms with E-state index >= 15 is 0 Å². The Morgan fingerprint density at radius 2 is 2.12 bits per heavy atom. The van der Waals surface area contributed by atoms with Gasteiger partial charge in [-0.15, -0.1) is 0 Å². The zero-order valence-electron chi connectivity index (χ0n) is 13.4. The number of aromatic nitrogens is 2. The molecule has 1 saturated carbocycles. The Hall–Kier alpha value is -2.25. The van der Waals surface area contributed by atoms with Crippen molar-refractivity contribution in [3.63, 3.8) is 0 Å². The molecule has 1 aliphatic carbocycles. The van der Waals surface area contributed by atoms with E-state index in [-0.39, 0.29) is 17.9 Å². The zero-order valence-corrected chi connectivity index (χ0v) is 13.4. The summed E-state index contributed by atoms with van der Waals surface area (Å²) in [5.74, 6) is 0.842. The van der Waals surface area contributed by atoms with E-state index in [1.807, 2.05) is 30.3 Å². The number of hydrogen-bond donors (Lipinski definition) is 3. The summed E-state index contributed by atoms with van der Waals surface area (Å²) in [6.07, 6.45) is 1.46. The lowest BCUT2D eigenvalue weighted by atomic mass is 10.1. The van der Waals surface area contributed by atoms with Gasteiger partial charge in [0.1, 0.15) is 0 Å². The van der Waals surface area contributed by atoms with Crippen molar-refractivity contribution in [3.05, 3.63) is 47.6 Å². The first-order chi connectivity index (χ1) is 11.6. The fraction of sp³-hybridized carbons (Fsp3) is 0.471. The van der Waals surface area contributed by atoms with E-state index < -0.39 is 6.10 Å².